The summed E-state index contributed by atoms with van der Waals surface area (Å²) in [6.07, 6.45) is 0.441. The highest BCUT2D eigenvalue weighted by atomic mass is 16.5. The second kappa shape index (κ2) is 6.92. The summed E-state index contributed by atoms with van der Waals surface area (Å²) in [5.41, 5.74) is 1.54. The SMILES string of the molecule is CCC1(c2ccccc2)NC(=O)N(Cc2nc(-c3ccccc3C)no2)C1=O. The smallest absolute Gasteiger partial charge is 0.325 e. The monoisotopic (exact) mass is 376 g/mol. The van der Waals surface area contributed by atoms with Gasteiger partial charge in [-0.15, -0.1) is 0 Å². The Hall–Kier alpha value is -3.48. The van der Waals surface area contributed by atoms with E-state index in [0.717, 1.165) is 21.6 Å². The van der Waals surface area contributed by atoms with Crippen LogP contribution < -0.4 is 5.32 Å². The molecule has 2 aromatic carbocycles. The number of imide groups is 1. The minimum Gasteiger partial charge on any atom is -0.337 e. The molecule has 7 nitrogen and oxygen atoms in total. The molecule has 1 aromatic heterocycles. The number of rotatable bonds is 5. The van der Waals surface area contributed by atoms with E-state index in [1.54, 1.807) is 0 Å². The van der Waals surface area contributed by atoms with Gasteiger partial charge in [-0.05, 0) is 24.5 Å². The number of aryl methyl sites for hydroxylation is 1. The molecule has 2 heterocycles. The molecule has 0 aliphatic carbocycles. The molecule has 1 N–H and O–H groups in total. The van der Waals surface area contributed by atoms with E-state index >= 15 is 0 Å². The summed E-state index contributed by atoms with van der Waals surface area (Å²) >= 11 is 0. The Morgan fingerprint density at radius 3 is 2.50 bits per heavy atom. The van der Waals surface area contributed by atoms with Crippen molar-refractivity contribution in [2.45, 2.75) is 32.4 Å². The lowest BCUT2D eigenvalue weighted by molar-refractivity contribution is -0.132. The van der Waals surface area contributed by atoms with Crippen molar-refractivity contribution in [3.63, 3.8) is 0 Å². The third-order valence-electron chi connectivity index (χ3n) is 5.12. The van der Waals surface area contributed by atoms with Crippen LogP contribution in [0.4, 0.5) is 4.79 Å². The fourth-order valence-electron chi connectivity index (χ4n) is 3.52. The maximum Gasteiger partial charge on any atom is 0.325 e. The van der Waals surface area contributed by atoms with Crippen LogP contribution in [0.3, 0.4) is 0 Å². The first-order chi connectivity index (χ1) is 13.5. The number of benzene rings is 2. The van der Waals surface area contributed by atoms with Crippen LogP contribution in [0.15, 0.2) is 59.1 Å². The average molecular weight is 376 g/mol. The molecule has 0 spiro atoms. The van der Waals surface area contributed by atoms with E-state index in [9.17, 15) is 9.59 Å². The molecule has 1 atom stereocenters. The van der Waals surface area contributed by atoms with Crippen molar-refractivity contribution < 1.29 is 14.1 Å². The van der Waals surface area contributed by atoms with Crippen LogP contribution in [-0.4, -0.2) is 27.0 Å². The van der Waals surface area contributed by atoms with Crippen molar-refractivity contribution in [1.29, 1.82) is 0 Å². The highest BCUT2D eigenvalue weighted by Gasteiger charge is 2.51. The summed E-state index contributed by atoms with van der Waals surface area (Å²) in [7, 11) is 0. The number of urea groups is 1. The summed E-state index contributed by atoms with van der Waals surface area (Å²) in [4.78, 5) is 31.2. The molecule has 0 saturated carbocycles. The molecule has 4 rings (SSSR count). The third-order valence-corrected chi connectivity index (χ3v) is 5.12. The lowest BCUT2D eigenvalue weighted by Crippen LogP contribution is -2.43. The van der Waals surface area contributed by atoms with Crippen LogP contribution in [0, 0.1) is 6.92 Å². The summed E-state index contributed by atoms with van der Waals surface area (Å²) in [5.74, 6) is 0.327. The van der Waals surface area contributed by atoms with E-state index in [-0.39, 0.29) is 18.3 Å². The van der Waals surface area contributed by atoms with Gasteiger partial charge in [0.1, 0.15) is 12.1 Å². The minimum atomic E-state index is -1.07. The molecule has 3 aromatic rings. The highest BCUT2D eigenvalue weighted by Crippen LogP contribution is 2.33. The predicted octanol–water partition coefficient (Wildman–Crippen LogP) is 3.40. The van der Waals surface area contributed by atoms with Gasteiger partial charge in [0.05, 0.1) is 0 Å². The molecule has 28 heavy (non-hydrogen) atoms. The van der Waals surface area contributed by atoms with Crippen LogP contribution in [0.25, 0.3) is 11.4 Å². The second-order valence-electron chi connectivity index (χ2n) is 6.77. The van der Waals surface area contributed by atoms with Gasteiger partial charge in [-0.1, -0.05) is 66.7 Å². The van der Waals surface area contributed by atoms with E-state index in [1.165, 1.54) is 0 Å². The van der Waals surface area contributed by atoms with E-state index in [2.05, 4.69) is 15.5 Å². The average Bonchev–Trinajstić information content (AvgIpc) is 3.28. The van der Waals surface area contributed by atoms with Crippen molar-refractivity contribution in [2.24, 2.45) is 0 Å². The van der Waals surface area contributed by atoms with Crippen molar-refractivity contribution in [2.75, 3.05) is 0 Å². The normalized spacial score (nSPS) is 19.1. The van der Waals surface area contributed by atoms with Crippen molar-refractivity contribution in [3.8, 4) is 11.4 Å². The predicted molar refractivity (Wildman–Crippen MR) is 102 cm³/mol. The molecule has 1 saturated heterocycles. The van der Waals surface area contributed by atoms with Crippen molar-refractivity contribution in [3.05, 3.63) is 71.6 Å². The number of hydrogen-bond acceptors (Lipinski definition) is 5. The molecule has 1 fully saturated rings. The maximum absolute atomic E-state index is 13.2. The molecule has 1 unspecified atom stereocenters. The highest BCUT2D eigenvalue weighted by molar-refractivity contribution is 6.07. The van der Waals surface area contributed by atoms with Crippen LogP contribution in [0.5, 0.6) is 0 Å². The zero-order valence-corrected chi connectivity index (χ0v) is 15.7. The minimum absolute atomic E-state index is 0.0713. The summed E-state index contributed by atoms with van der Waals surface area (Å²) in [6.45, 7) is 3.76. The Bertz CT molecular complexity index is 1030. The molecule has 142 valence electrons. The van der Waals surface area contributed by atoms with Crippen molar-refractivity contribution >= 4 is 11.9 Å². The van der Waals surface area contributed by atoms with Gasteiger partial charge in [0.25, 0.3) is 5.91 Å². The first-order valence-electron chi connectivity index (χ1n) is 9.13. The van der Waals surface area contributed by atoms with Crippen LogP contribution >= 0.6 is 0 Å². The van der Waals surface area contributed by atoms with Crippen LogP contribution in [0.1, 0.15) is 30.4 Å². The van der Waals surface area contributed by atoms with Crippen LogP contribution in [-0.2, 0) is 16.9 Å². The van der Waals surface area contributed by atoms with Gasteiger partial charge in [0.15, 0.2) is 0 Å². The van der Waals surface area contributed by atoms with Gasteiger partial charge in [0, 0.05) is 5.56 Å². The molecule has 0 bridgehead atoms. The largest absolute Gasteiger partial charge is 0.337 e. The lowest BCUT2D eigenvalue weighted by Gasteiger charge is -2.25. The molecule has 1 aliphatic heterocycles. The summed E-state index contributed by atoms with van der Waals surface area (Å²) in [5, 5.41) is 6.85. The van der Waals surface area contributed by atoms with Gasteiger partial charge in [0.2, 0.25) is 11.7 Å². The van der Waals surface area contributed by atoms with E-state index in [0.29, 0.717) is 12.2 Å². The quantitative estimate of drug-likeness (QED) is 0.690. The number of amides is 3. The van der Waals surface area contributed by atoms with E-state index < -0.39 is 11.6 Å². The van der Waals surface area contributed by atoms with Gasteiger partial charge >= 0.3 is 6.03 Å². The molecular weight excluding hydrogens is 356 g/mol. The Morgan fingerprint density at radius 1 is 1.07 bits per heavy atom. The van der Waals surface area contributed by atoms with Gasteiger partial charge in [-0.2, -0.15) is 4.98 Å². The summed E-state index contributed by atoms with van der Waals surface area (Å²) < 4.78 is 5.31. The summed E-state index contributed by atoms with van der Waals surface area (Å²) in [6, 6.07) is 16.5. The molecular formula is C21H20N4O3. The Balaban J connectivity index is 1.60. The Morgan fingerprint density at radius 2 is 1.79 bits per heavy atom. The standard InChI is InChI=1S/C21H20N4O3/c1-3-21(15-10-5-4-6-11-15)19(26)25(20(27)23-21)13-17-22-18(24-28-17)16-12-8-7-9-14(16)2/h4-12H,3,13H2,1-2H3,(H,23,27). The fraction of sp³-hybridized carbons (Fsp3) is 0.238. The number of aromatic nitrogens is 2. The third kappa shape index (κ3) is 2.85. The van der Waals surface area contributed by atoms with Gasteiger partial charge in [-0.25, -0.2) is 4.79 Å². The van der Waals surface area contributed by atoms with Crippen molar-refractivity contribution in [1.82, 2.24) is 20.4 Å². The molecule has 1 aliphatic rings. The zero-order chi connectivity index (χ0) is 19.7. The Labute approximate surface area is 162 Å². The maximum atomic E-state index is 13.2. The van der Waals surface area contributed by atoms with E-state index in [4.69, 9.17) is 4.52 Å². The first kappa shape index (κ1) is 17.9. The number of carbonyl (C=O) groups excluding carboxylic acids is 2. The lowest BCUT2D eigenvalue weighted by atomic mass is 9.87. The van der Waals surface area contributed by atoms with Gasteiger partial charge in [-0.3, -0.25) is 9.69 Å². The number of nitrogens with one attached hydrogen (secondary N) is 1. The van der Waals surface area contributed by atoms with E-state index in [1.807, 2.05) is 68.4 Å². The number of carbonyl (C=O) groups is 2. The molecule has 3 amide bonds. The fourth-order valence-corrected chi connectivity index (χ4v) is 3.52. The molecule has 7 heteroatoms. The second-order valence-corrected chi connectivity index (χ2v) is 6.77. The molecule has 0 radical (unpaired) electrons. The Kier molecular flexibility index (Phi) is 4.43. The first-order valence-corrected chi connectivity index (χ1v) is 9.13. The number of hydrogen-bond donors (Lipinski definition) is 1. The number of nitrogens with zero attached hydrogens (tertiary/aromatic N) is 3. The van der Waals surface area contributed by atoms with Gasteiger partial charge < -0.3 is 9.84 Å². The topological polar surface area (TPSA) is 88.3 Å². The van der Waals surface area contributed by atoms with Crippen LogP contribution in [0.2, 0.25) is 0 Å². The zero-order valence-electron chi connectivity index (χ0n) is 15.7.